The summed E-state index contributed by atoms with van der Waals surface area (Å²) in [6, 6.07) is 8.93. The molecule has 0 unspecified atom stereocenters. The van der Waals surface area contributed by atoms with Gasteiger partial charge in [0, 0.05) is 17.6 Å². The molecule has 1 aromatic carbocycles. The van der Waals surface area contributed by atoms with Crippen LogP contribution in [-0.2, 0) is 4.74 Å². The Morgan fingerprint density at radius 2 is 1.96 bits per heavy atom. The highest BCUT2D eigenvalue weighted by Crippen LogP contribution is 2.19. The van der Waals surface area contributed by atoms with Crippen molar-refractivity contribution in [3.05, 3.63) is 52.4 Å². The average Bonchev–Trinajstić information content (AvgIpc) is 2.71. The van der Waals surface area contributed by atoms with E-state index in [0.717, 1.165) is 18.0 Å². The summed E-state index contributed by atoms with van der Waals surface area (Å²) in [6.07, 6.45) is 3.47. The first-order valence-corrected chi connectivity index (χ1v) is 10.2. The van der Waals surface area contributed by atoms with Gasteiger partial charge in [0.1, 0.15) is 12.3 Å². The van der Waals surface area contributed by atoms with Gasteiger partial charge in [0.05, 0.1) is 16.5 Å². The molecule has 0 spiro atoms. The largest absolute Gasteiger partial charge is 0.461 e. The van der Waals surface area contributed by atoms with Gasteiger partial charge in [-0.05, 0) is 49.7 Å². The molecule has 8 heteroatoms. The molecule has 3 rings (SSSR count). The van der Waals surface area contributed by atoms with E-state index in [1.54, 1.807) is 23.9 Å². The number of carbonyl (C=O) groups is 1. The van der Waals surface area contributed by atoms with Crippen LogP contribution in [0.3, 0.4) is 0 Å². The number of thioether (sulfide) groups is 1. The van der Waals surface area contributed by atoms with Crippen LogP contribution in [0, 0.1) is 0 Å². The number of likely N-dealkylation sites (N-methyl/N-ethyl adjacent to an activating group) is 1. The van der Waals surface area contributed by atoms with E-state index in [1.165, 1.54) is 10.6 Å². The van der Waals surface area contributed by atoms with Crippen LogP contribution in [0.2, 0.25) is 0 Å². The molecule has 6 nitrogen and oxygen atoms in total. The van der Waals surface area contributed by atoms with E-state index >= 15 is 0 Å². The Morgan fingerprint density at radius 1 is 1.21 bits per heavy atom. The average molecular weight is 422 g/mol. The third-order valence-electron chi connectivity index (χ3n) is 4.59. The molecule has 0 atom stereocenters. The van der Waals surface area contributed by atoms with E-state index in [9.17, 15) is 9.59 Å². The number of nitrogens with zero attached hydrogens (tertiary/aromatic N) is 3. The number of carbonyl (C=O) groups excluding carboxylic acids is 1. The molecule has 0 bridgehead atoms. The molecule has 0 radical (unpaired) electrons. The molecule has 2 aromatic heterocycles. The highest BCUT2D eigenvalue weighted by atomic mass is 35.5. The highest BCUT2D eigenvalue weighted by Gasteiger charge is 2.12. The second kappa shape index (κ2) is 9.91. The van der Waals surface area contributed by atoms with Gasteiger partial charge in [-0.1, -0.05) is 13.8 Å². The summed E-state index contributed by atoms with van der Waals surface area (Å²) in [7, 11) is 0. The maximum absolute atomic E-state index is 12.9. The van der Waals surface area contributed by atoms with Crippen molar-refractivity contribution in [1.82, 2.24) is 14.3 Å². The Balaban J connectivity index is 0.00000280. The highest BCUT2D eigenvalue weighted by molar-refractivity contribution is 7.98. The van der Waals surface area contributed by atoms with Gasteiger partial charge in [-0.15, -0.1) is 24.2 Å². The minimum absolute atomic E-state index is 0. The number of hydrogen-bond acceptors (Lipinski definition) is 6. The van der Waals surface area contributed by atoms with Crippen molar-refractivity contribution in [1.29, 1.82) is 0 Å². The lowest BCUT2D eigenvalue weighted by Crippen LogP contribution is -2.28. The number of fused-ring (bicyclic) bond motifs is 2. The van der Waals surface area contributed by atoms with E-state index in [1.807, 2.05) is 24.5 Å². The fraction of sp³-hybridized carbons (Fsp3) is 0.350. The van der Waals surface area contributed by atoms with E-state index in [-0.39, 0.29) is 18.0 Å². The number of rotatable bonds is 7. The topological polar surface area (TPSA) is 63.9 Å². The molecule has 0 fully saturated rings. The summed E-state index contributed by atoms with van der Waals surface area (Å²) in [6.45, 7) is 6.98. The number of pyridine rings is 1. The van der Waals surface area contributed by atoms with Crippen LogP contribution < -0.4 is 5.56 Å². The van der Waals surface area contributed by atoms with Crippen LogP contribution in [0.25, 0.3) is 16.6 Å². The van der Waals surface area contributed by atoms with Gasteiger partial charge >= 0.3 is 5.97 Å². The van der Waals surface area contributed by atoms with E-state index in [4.69, 9.17) is 4.74 Å². The standard InChI is InChI=1S/C20H23N3O3S.ClH/c1-4-22(5-2)10-11-26-20(25)14-6-9-18-21-17-8-7-15(27-3)12-16(17)19(24)23(18)13-14;/h6-9,12-13H,4-5,10-11H2,1-3H3;1H. The molecule has 28 heavy (non-hydrogen) atoms. The van der Waals surface area contributed by atoms with Crippen LogP contribution in [0.5, 0.6) is 0 Å². The monoisotopic (exact) mass is 421 g/mol. The quantitative estimate of drug-likeness (QED) is 0.330. The van der Waals surface area contributed by atoms with Gasteiger partial charge in [-0.3, -0.25) is 9.20 Å². The van der Waals surface area contributed by atoms with E-state index in [0.29, 0.717) is 35.3 Å². The Bertz CT molecular complexity index is 1030. The predicted molar refractivity (Wildman–Crippen MR) is 116 cm³/mol. The number of ether oxygens (including phenoxy) is 1. The zero-order valence-corrected chi connectivity index (χ0v) is 17.8. The fourth-order valence-corrected chi connectivity index (χ4v) is 3.36. The third-order valence-corrected chi connectivity index (χ3v) is 5.31. The summed E-state index contributed by atoms with van der Waals surface area (Å²) < 4.78 is 6.77. The number of hydrogen-bond donors (Lipinski definition) is 0. The Hall–Kier alpha value is -2.09. The number of benzene rings is 1. The first-order chi connectivity index (χ1) is 13.1. The summed E-state index contributed by atoms with van der Waals surface area (Å²) in [5.74, 6) is -0.436. The van der Waals surface area contributed by atoms with Crippen LogP contribution >= 0.6 is 24.2 Å². The van der Waals surface area contributed by atoms with E-state index in [2.05, 4.69) is 23.7 Å². The van der Waals surface area contributed by atoms with Crippen molar-refractivity contribution in [2.45, 2.75) is 18.7 Å². The molecule has 150 valence electrons. The first kappa shape index (κ1) is 22.2. The molecule has 0 N–H and O–H groups in total. The maximum Gasteiger partial charge on any atom is 0.339 e. The molecule has 0 aliphatic heterocycles. The molecule has 0 aliphatic rings. The molecular formula is C20H24ClN3O3S. The fourth-order valence-electron chi connectivity index (χ4n) is 2.92. The van der Waals surface area contributed by atoms with Crippen molar-refractivity contribution < 1.29 is 9.53 Å². The van der Waals surface area contributed by atoms with Crippen molar-refractivity contribution >= 4 is 46.7 Å². The molecule has 0 aliphatic carbocycles. The lowest BCUT2D eigenvalue weighted by molar-refractivity contribution is 0.0466. The SMILES string of the molecule is CCN(CC)CCOC(=O)c1ccc2nc3ccc(SC)cc3c(=O)n2c1.Cl. The zero-order valence-electron chi connectivity index (χ0n) is 16.2. The minimum atomic E-state index is -0.436. The summed E-state index contributed by atoms with van der Waals surface area (Å²) in [4.78, 5) is 32.9. The van der Waals surface area contributed by atoms with Gasteiger partial charge in [-0.2, -0.15) is 0 Å². The smallest absolute Gasteiger partial charge is 0.339 e. The second-order valence-corrected chi connectivity index (χ2v) is 6.99. The Kier molecular flexibility index (Phi) is 7.86. The van der Waals surface area contributed by atoms with Gasteiger partial charge in [-0.25, -0.2) is 9.78 Å². The summed E-state index contributed by atoms with van der Waals surface area (Å²) in [5, 5.41) is 0.534. The van der Waals surface area contributed by atoms with Crippen LogP contribution in [-0.4, -0.2) is 52.8 Å². The maximum atomic E-state index is 12.9. The lowest BCUT2D eigenvalue weighted by Gasteiger charge is -2.17. The van der Waals surface area contributed by atoms with Crippen molar-refractivity contribution in [3.63, 3.8) is 0 Å². The molecule has 0 saturated heterocycles. The van der Waals surface area contributed by atoms with Gasteiger partial charge in [0.2, 0.25) is 0 Å². The molecule has 2 heterocycles. The third kappa shape index (κ3) is 4.66. The normalized spacial score (nSPS) is 11.0. The second-order valence-electron chi connectivity index (χ2n) is 6.11. The summed E-state index contributed by atoms with van der Waals surface area (Å²) >= 11 is 1.57. The van der Waals surface area contributed by atoms with E-state index < -0.39 is 5.97 Å². The van der Waals surface area contributed by atoms with Crippen molar-refractivity contribution in [2.75, 3.05) is 32.5 Å². The molecule has 3 aromatic rings. The van der Waals surface area contributed by atoms with Crippen molar-refractivity contribution in [3.8, 4) is 0 Å². The molecular weight excluding hydrogens is 398 g/mol. The number of aromatic nitrogens is 2. The molecule has 0 saturated carbocycles. The zero-order chi connectivity index (χ0) is 19.4. The summed E-state index contributed by atoms with van der Waals surface area (Å²) in [5.41, 5.74) is 1.30. The van der Waals surface area contributed by atoms with Gasteiger partial charge < -0.3 is 9.64 Å². The minimum Gasteiger partial charge on any atom is -0.461 e. The van der Waals surface area contributed by atoms with Crippen molar-refractivity contribution in [2.24, 2.45) is 0 Å². The Morgan fingerprint density at radius 3 is 2.64 bits per heavy atom. The predicted octanol–water partition coefficient (Wildman–Crippen LogP) is 3.49. The van der Waals surface area contributed by atoms with Gasteiger partial charge in [0.15, 0.2) is 0 Å². The lowest BCUT2D eigenvalue weighted by atomic mass is 10.2. The number of halogens is 1. The first-order valence-electron chi connectivity index (χ1n) is 8.97. The van der Waals surface area contributed by atoms with Gasteiger partial charge in [0.25, 0.3) is 5.56 Å². The van der Waals surface area contributed by atoms with Crippen LogP contribution in [0.1, 0.15) is 24.2 Å². The molecule has 0 amide bonds. The number of esters is 1. The van der Waals surface area contributed by atoms with Crippen LogP contribution in [0.4, 0.5) is 0 Å². The van der Waals surface area contributed by atoms with Crippen LogP contribution in [0.15, 0.2) is 46.2 Å². The Labute approximate surface area is 174 Å².